The lowest BCUT2D eigenvalue weighted by Crippen LogP contribution is -2.65. The minimum absolute atomic E-state index is 0.0307. The Morgan fingerprint density at radius 3 is 2.82 bits per heavy atom. The van der Waals surface area contributed by atoms with Crippen LogP contribution in [-0.2, 0) is 20.7 Å². The third-order valence-electron chi connectivity index (χ3n) is 6.70. The molecule has 7 nitrogen and oxygen atoms in total. The van der Waals surface area contributed by atoms with Gasteiger partial charge in [0.1, 0.15) is 12.1 Å². The predicted octanol–water partition coefficient (Wildman–Crippen LogP) is 3.32. The molecule has 0 bridgehead atoms. The number of rotatable bonds is 9. The van der Waals surface area contributed by atoms with Gasteiger partial charge in [-0.1, -0.05) is 37.6 Å². The van der Waals surface area contributed by atoms with E-state index in [1.54, 1.807) is 14.2 Å². The normalized spacial score (nSPS) is 28.4. The molecule has 0 aliphatic carbocycles. The van der Waals surface area contributed by atoms with Gasteiger partial charge in [-0.15, -0.1) is 0 Å². The van der Waals surface area contributed by atoms with Gasteiger partial charge in [-0.05, 0) is 55.8 Å². The van der Waals surface area contributed by atoms with Crippen LogP contribution in [0.5, 0.6) is 0 Å². The third-order valence-corrected chi connectivity index (χ3v) is 6.94. The van der Waals surface area contributed by atoms with Gasteiger partial charge in [-0.2, -0.15) is 0 Å². The Kier molecular flexibility index (Phi) is 10.1. The molecule has 0 spiro atoms. The van der Waals surface area contributed by atoms with Crippen LogP contribution in [-0.4, -0.2) is 69.5 Å². The van der Waals surface area contributed by atoms with Crippen LogP contribution in [0.4, 0.5) is 0 Å². The van der Waals surface area contributed by atoms with Crippen LogP contribution >= 0.6 is 11.6 Å². The molecule has 3 rings (SSSR count). The number of carbonyl (C=O) groups excluding carboxylic acids is 1. The summed E-state index contributed by atoms with van der Waals surface area (Å²) in [5, 5.41) is 7.38. The second-order valence-corrected chi connectivity index (χ2v) is 9.59. The number of methoxy groups -OCH3 is 2. The van der Waals surface area contributed by atoms with Crippen molar-refractivity contribution in [2.45, 2.75) is 51.9 Å². The van der Waals surface area contributed by atoms with Gasteiger partial charge in [0.05, 0.1) is 18.7 Å². The lowest BCUT2D eigenvalue weighted by atomic mass is 9.85. The molecule has 5 unspecified atom stereocenters. The molecule has 1 fully saturated rings. The Balaban J connectivity index is 1.65. The highest BCUT2D eigenvalue weighted by Crippen LogP contribution is 2.27. The average Bonchev–Trinajstić information content (AvgIpc) is 2.81. The van der Waals surface area contributed by atoms with E-state index < -0.39 is 0 Å². The molecule has 1 aromatic rings. The van der Waals surface area contributed by atoms with Crippen molar-refractivity contribution in [3.05, 3.63) is 34.9 Å². The molecule has 2 aliphatic heterocycles. The number of amides is 1. The summed E-state index contributed by atoms with van der Waals surface area (Å²) >= 11 is 6.15. The minimum atomic E-state index is -0.363. The molecule has 0 aromatic heterocycles. The van der Waals surface area contributed by atoms with Gasteiger partial charge in [0.25, 0.3) is 0 Å². The third kappa shape index (κ3) is 6.99. The zero-order valence-corrected chi connectivity index (χ0v) is 21.1. The van der Waals surface area contributed by atoms with E-state index in [-0.39, 0.29) is 30.1 Å². The maximum Gasteiger partial charge on any atom is 0.233 e. The molecule has 1 aromatic carbocycles. The summed E-state index contributed by atoms with van der Waals surface area (Å²) in [4.78, 5) is 20.4. The summed E-state index contributed by atoms with van der Waals surface area (Å²) in [5.41, 5.74) is 1.24. The van der Waals surface area contributed by atoms with Gasteiger partial charge >= 0.3 is 0 Å². The fraction of sp³-hybridized carbons (Fsp3) is 0.680. The van der Waals surface area contributed by atoms with E-state index in [0.717, 1.165) is 43.1 Å². The molecule has 2 N–H and O–H groups in total. The Morgan fingerprint density at radius 1 is 1.33 bits per heavy atom. The fourth-order valence-electron chi connectivity index (χ4n) is 5.00. The number of amidine groups is 1. The summed E-state index contributed by atoms with van der Waals surface area (Å²) < 4.78 is 11.0. The van der Waals surface area contributed by atoms with Crippen LogP contribution in [0.1, 0.15) is 38.7 Å². The largest absolute Gasteiger partial charge is 0.382 e. The van der Waals surface area contributed by atoms with Crippen molar-refractivity contribution in [1.82, 2.24) is 15.5 Å². The van der Waals surface area contributed by atoms with E-state index in [0.29, 0.717) is 25.6 Å². The first-order valence-corrected chi connectivity index (χ1v) is 12.5. The molecule has 2 heterocycles. The summed E-state index contributed by atoms with van der Waals surface area (Å²) in [5.74, 6) is 1.17. The first-order valence-electron chi connectivity index (χ1n) is 12.1. The van der Waals surface area contributed by atoms with E-state index in [1.165, 1.54) is 5.56 Å². The Labute approximate surface area is 203 Å². The van der Waals surface area contributed by atoms with E-state index in [9.17, 15) is 4.79 Å². The summed E-state index contributed by atoms with van der Waals surface area (Å²) in [6.07, 6.45) is 3.58. The minimum Gasteiger partial charge on any atom is -0.382 e. The molecule has 33 heavy (non-hydrogen) atoms. The van der Waals surface area contributed by atoms with Crippen molar-refractivity contribution in [3.8, 4) is 0 Å². The molecule has 1 amide bonds. The van der Waals surface area contributed by atoms with Gasteiger partial charge in [0.15, 0.2) is 0 Å². The Hall–Kier alpha value is -1.51. The first-order chi connectivity index (χ1) is 16.0. The number of nitrogens with one attached hydrogen (secondary N) is 2. The highest BCUT2D eigenvalue weighted by atomic mass is 35.5. The zero-order valence-electron chi connectivity index (χ0n) is 20.4. The maximum atomic E-state index is 13.3. The Bertz CT molecular complexity index is 806. The maximum absolute atomic E-state index is 13.3. The molecule has 184 valence electrons. The van der Waals surface area contributed by atoms with Crippen molar-refractivity contribution in [3.63, 3.8) is 0 Å². The number of nitrogens with zero attached hydrogens (tertiary/aromatic N) is 2. The summed E-state index contributed by atoms with van der Waals surface area (Å²) in [6, 6.07) is 8.05. The van der Waals surface area contributed by atoms with Crippen molar-refractivity contribution in [2.75, 3.05) is 40.5 Å². The number of hydrogen-bond acceptors (Lipinski definition) is 6. The number of benzene rings is 1. The summed E-state index contributed by atoms with van der Waals surface area (Å²) in [6.45, 7) is 7.09. The van der Waals surface area contributed by atoms with Gasteiger partial charge in [0.2, 0.25) is 5.91 Å². The average molecular weight is 479 g/mol. The molecule has 0 saturated carbocycles. The zero-order chi connectivity index (χ0) is 23.8. The quantitative estimate of drug-likeness (QED) is 0.569. The van der Waals surface area contributed by atoms with E-state index >= 15 is 0 Å². The van der Waals surface area contributed by atoms with E-state index in [1.807, 2.05) is 18.2 Å². The van der Waals surface area contributed by atoms with E-state index in [2.05, 4.69) is 35.4 Å². The SMILES string of the molecule is CCCN1CC(C(=O)NC2=NCC(Cc3cccc(Cl)c3)CC2CC)C(OC)NC1COC. The molecule has 0 radical (unpaired) electrons. The predicted molar refractivity (Wildman–Crippen MR) is 132 cm³/mol. The van der Waals surface area contributed by atoms with E-state index in [4.69, 9.17) is 26.1 Å². The summed E-state index contributed by atoms with van der Waals surface area (Å²) in [7, 11) is 3.34. The van der Waals surface area contributed by atoms with Crippen molar-refractivity contribution in [2.24, 2.45) is 22.7 Å². The molecular formula is C25H39ClN4O3. The number of hydrogen-bond donors (Lipinski definition) is 2. The first kappa shape index (κ1) is 26.1. The number of carbonyl (C=O) groups is 1. The van der Waals surface area contributed by atoms with Gasteiger partial charge < -0.3 is 14.8 Å². The van der Waals surface area contributed by atoms with Crippen molar-refractivity contribution < 1.29 is 14.3 Å². The lowest BCUT2D eigenvalue weighted by molar-refractivity contribution is -0.138. The fourth-order valence-corrected chi connectivity index (χ4v) is 5.21. The molecular weight excluding hydrogens is 440 g/mol. The van der Waals surface area contributed by atoms with Gasteiger partial charge in [-0.25, -0.2) is 0 Å². The number of halogens is 1. The van der Waals surface area contributed by atoms with Crippen LogP contribution in [0.15, 0.2) is 29.3 Å². The molecule has 8 heteroatoms. The topological polar surface area (TPSA) is 75.2 Å². The molecule has 5 atom stereocenters. The van der Waals surface area contributed by atoms with Crippen LogP contribution in [0.25, 0.3) is 0 Å². The van der Waals surface area contributed by atoms with Crippen LogP contribution in [0.3, 0.4) is 0 Å². The Morgan fingerprint density at radius 2 is 2.15 bits per heavy atom. The number of ether oxygens (including phenoxy) is 2. The van der Waals surface area contributed by atoms with Crippen molar-refractivity contribution >= 4 is 23.3 Å². The number of aliphatic imine (C=N–C) groups is 1. The monoisotopic (exact) mass is 478 g/mol. The van der Waals surface area contributed by atoms with Crippen LogP contribution < -0.4 is 10.6 Å². The van der Waals surface area contributed by atoms with Gasteiger partial charge in [-0.3, -0.25) is 20.0 Å². The highest BCUT2D eigenvalue weighted by Gasteiger charge is 2.39. The lowest BCUT2D eigenvalue weighted by Gasteiger charge is -2.43. The molecule has 2 aliphatic rings. The standard InChI is InChI=1S/C25H39ClN4O3/c1-5-10-30-15-21(25(33-4)28-22(30)16-32-3)24(31)29-23-19(6-2)12-18(14-27-23)11-17-8-7-9-20(26)13-17/h7-9,13,18-19,21-22,25,28H,5-6,10-12,14-16H2,1-4H3,(H,27,29,31). The van der Waals surface area contributed by atoms with Crippen molar-refractivity contribution in [1.29, 1.82) is 0 Å². The molecule has 1 saturated heterocycles. The highest BCUT2D eigenvalue weighted by molar-refractivity contribution is 6.30. The van der Waals surface area contributed by atoms with Gasteiger partial charge in [0, 0.05) is 38.2 Å². The second-order valence-electron chi connectivity index (χ2n) is 9.15. The van der Waals surface area contributed by atoms with Crippen LogP contribution in [0, 0.1) is 17.8 Å². The second kappa shape index (κ2) is 12.8. The smallest absolute Gasteiger partial charge is 0.233 e. The van der Waals surface area contributed by atoms with Crippen LogP contribution in [0.2, 0.25) is 5.02 Å².